The van der Waals surface area contributed by atoms with E-state index in [1.807, 2.05) is 20.8 Å². The summed E-state index contributed by atoms with van der Waals surface area (Å²) < 4.78 is 24.1. The van der Waals surface area contributed by atoms with E-state index in [4.69, 9.17) is 9.26 Å². The van der Waals surface area contributed by atoms with Gasteiger partial charge in [0, 0.05) is 11.6 Å². The van der Waals surface area contributed by atoms with E-state index in [0.717, 1.165) is 11.1 Å². The number of hydrogen-bond donors (Lipinski definition) is 0. The van der Waals surface area contributed by atoms with Crippen molar-refractivity contribution in [2.24, 2.45) is 16.8 Å². The van der Waals surface area contributed by atoms with Crippen molar-refractivity contribution in [2.75, 3.05) is 6.61 Å². The third-order valence-electron chi connectivity index (χ3n) is 4.44. The standard InChI is InChI=1S/C19H21FN2O3/c1-5-24-19(23)16-15(12-6-8-13(20)9-7-12)14-11(4)22-25-18(14)21-17(16)10(2)3/h6-10,15-16H,5H2,1-4H3. The molecule has 2 unspecified atom stereocenters. The van der Waals surface area contributed by atoms with Gasteiger partial charge in [0.2, 0.25) is 0 Å². The zero-order chi connectivity index (χ0) is 18.1. The summed E-state index contributed by atoms with van der Waals surface area (Å²) in [7, 11) is 0. The molecule has 132 valence electrons. The van der Waals surface area contributed by atoms with E-state index in [0.29, 0.717) is 17.3 Å². The number of aryl methyl sites for hydroxylation is 1. The molecular formula is C19H21FN2O3. The number of carbonyl (C=O) groups excluding carboxylic acids is 1. The normalized spacial score (nSPS) is 19.5. The molecule has 6 heteroatoms. The molecule has 0 saturated heterocycles. The second-order valence-electron chi connectivity index (χ2n) is 6.44. The highest BCUT2D eigenvalue weighted by molar-refractivity contribution is 6.06. The molecule has 1 aromatic heterocycles. The molecule has 0 bridgehead atoms. The molecule has 1 aromatic carbocycles. The van der Waals surface area contributed by atoms with Crippen molar-refractivity contribution in [1.82, 2.24) is 5.16 Å². The topological polar surface area (TPSA) is 64.7 Å². The minimum absolute atomic E-state index is 0.0240. The smallest absolute Gasteiger partial charge is 0.315 e. The van der Waals surface area contributed by atoms with Gasteiger partial charge in [-0.3, -0.25) is 4.79 Å². The van der Waals surface area contributed by atoms with Crippen LogP contribution >= 0.6 is 0 Å². The SMILES string of the molecule is CCOC(=O)C1C(C(C)C)=Nc2onc(C)c2C1c1ccc(F)cc1. The Morgan fingerprint density at radius 3 is 2.60 bits per heavy atom. The van der Waals surface area contributed by atoms with Crippen molar-refractivity contribution < 1.29 is 18.4 Å². The summed E-state index contributed by atoms with van der Waals surface area (Å²) in [5.41, 5.74) is 2.93. The van der Waals surface area contributed by atoms with E-state index in [1.165, 1.54) is 12.1 Å². The number of rotatable bonds is 4. The number of carbonyl (C=O) groups is 1. The van der Waals surface area contributed by atoms with Crippen molar-refractivity contribution >= 4 is 17.6 Å². The molecule has 1 aliphatic rings. The van der Waals surface area contributed by atoms with Gasteiger partial charge in [0.1, 0.15) is 11.7 Å². The largest absolute Gasteiger partial charge is 0.465 e. The summed E-state index contributed by atoms with van der Waals surface area (Å²) in [6.45, 7) is 7.82. The molecule has 1 aliphatic heterocycles. The van der Waals surface area contributed by atoms with E-state index in [9.17, 15) is 9.18 Å². The van der Waals surface area contributed by atoms with Crippen LogP contribution in [0.3, 0.4) is 0 Å². The summed E-state index contributed by atoms with van der Waals surface area (Å²) in [5, 5.41) is 4.02. The lowest BCUT2D eigenvalue weighted by molar-refractivity contribution is -0.146. The highest BCUT2D eigenvalue weighted by Gasteiger charge is 2.43. The second-order valence-corrected chi connectivity index (χ2v) is 6.44. The average molecular weight is 344 g/mol. The van der Waals surface area contributed by atoms with Crippen LogP contribution in [0.1, 0.15) is 43.5 Å². The summed E-state index contributed by atoms with van der Waals surface area (Å²) in [6, 6.07) is 6.15. The molecule has 5 nitrogen and oxygen atoms in total. The Bertz CT molecular complexity index is 809. The van der Waals surface area contributed by atoms with Crippen LogP contribution in [0, 0.1) is 24.6 Å². The molecule has 25 heavy (non-hydrogen) atoms. The van der Waals surface area contributed by atoms with Crippen LogP contribution in [0.15, 0.2) is 33.8 Å². The van der Waals surface area contributed by atoms with Crippen LogP contribution in [-0.2, 0) is 9.53 Å². The number of fused-ring (bicyclic) bond motifs is 1. The Balaban J connectivity index is 2.21. The lowest BCUT2D eigenvalue weighted by atomic mass is 9.74. The Morgan fingerprint density at radius 2 is 2.00 bits per heavy atom. The Labute approximate surface area is 145 Å². The van der Waals surface area contributed by atoms with Gasteiger partial charge in [-0.05, 0) is 37.5 Å². The van der Waals surface area contributed by atoms with Crippen molar-refractivity contribution in [2.45, 2.75) is 33.6 Å². The van der Waals surface area contributed by atoms with E-state index in [2.05, 4.69) is 10.1 Å². The average Bonchev–Trinajstić information content (AvgIpc) is 2.95. The molecule has 2 heterocycles. The maximum atomic E-state index is 13.4. The van der Waals surface area contributed by atoms with Crippen LogP contribution in [0.5, 0.6) is 0 Å². The maximum absolute atomic E-state index is 13.4. The van der Waals surface area contributed by atoms with E-state index in [-0.39, 0.29) is 30.2 Å². The molecule has 0 fully saturated rings. The number of hydrogen-bond acceptors (Lipinski definition) is 5. The number of aromatic nitrogens is 1. The molecular weight excluding hydrogens is 323 g/mol. The molecule has 0 radical (unpaired) electrons. The number of halogens is 1. The molecule has 0 aliphatic carbocycles. The monoisotopic (exact) mass is 344 g/mol. The van der Waals surface area contributed by atoms with Crippen LogP contribution in [-0.4, -0.2) is 23.4 Å². The molecule has 0 saturated carbocycles. The van der Waals surface area contributed by atoms with Gasteiger partial charge < -0.3 is 9.26 Å². The number of nitrogens with zero attached hydrogens (tertiary/aromatic N) is 2. The number of benzene rings is 1. The quantitative estimate of drug-likeness (QED) is 0.781. The molecule has 0 spiro atoms. The first-order valence-electron chi connectivity index (χ1n) is 8.40. The van der Waals surface area contributed by atoms with Crippen molar-refractivity contribution in [3.8, 4) is 0 Å². The fourth-order valence-electron chi connectivity index (χ4n) is 3.33. The Morgan fingerprint density at radius 1 is 1.32 bits per heavy atom. The van der Waals surface area contributed by atoms with Crippen molar-refractivity contribution in [1.29, 1.82) is 0 Å². The van der Waals surface area contributed by atoms with E-state index >= 15 is 0 Å². The molecule has 0 amide bonds. The van der Waals surface area contributed by atoms with Gasteiger partial charge >= 0.3 is 5.97 Å². The van der Waals surface area contributed by atoms with Crippen LogP contribution in [0.4, 0.5) is 10.3 Å². The summed E-state index contributed by atoms with van der Waals surface area (Å²) >= 11 is 0. The first-order valence-corrected chi connectivity index (χ1v) is 8.40. The van der Waals surface area contributed by atoms with Crippen molar-refractivity contribution in [3.05, 3.63) is 46.9 Å². The van der Waals surface area contributed by atoms with Gasteiger partial charge in [0.25, 0.3) is 5.88 Å². The predicted octanol–water partition coefficient (Wildman–Crippen LogP) is 4.18. The van der Waals surface area contributed by atoms with Gasteiger partial charge in [-0.2, -0.15) is 0 Å². The first kappa shape index (κ1) is 17.3. The minimum atomic E-state index is -0.587. The Kier molecular flexibility index (Phi) is 4.70. The summed E-state index contributed by atoms with van der Waals surface area (Å²) in [6.07, 6.45) is 0. The summed E-state index contributed by atoms with van der Waals surface area (Å²) in [4.78, 5) is 17.3. The highest BCUT2D eigenvalue weighted by atomic mass is 19.1. The number of esters is 1. The number of ether oxygens (including phenoxy) is 1. The van der Waals surface area contributed by atoms with Crippen LogP contribution in [0.25, 0.3) is 0 Å². The molecule has 0 N–H and O–H groups in total. The molecule has 2 aromatic rings. The predicted molar refractivity (Wildman–Crippen MR) is 91.5 cm³/mol. The van der Waals surface area contributed by atoms with Crippen LogP contribution in [0.2, 0.25) is 0 Å². The zero-order valence-corrected chi connectivity index (χ0v) is 14.7. The third kappa shape index (κ3) is 3.08. The lowest BCUT2D eigenvalue weighted by Crippen LogP contribution is -2.37. The number of aliphatic imine (C=N–C) groups is 1. The lowest BCUT2D eigenvalue weighted by Gasteiger charge is -2.31. The zero-order valence-electron chi connectivity index (χ0n) is 14.7. The van der Waals surface area contributed by atoms with Gasteiger partial charge in [0.05, 0.1) is 17.9 Å². The van der Waals surface area contributed by atoms with E-state index < -0.39 is 5.92 Å². The second kappa shape index (κ2) is 6.78. The minimum Gasteiger partial charge on any atom is -0.465 e. The van der Waals surface area contributed by atoms with E-state index in [1.54, 1.807) is 19.1 Å². The van der Waals surface area contributed by atoms with Gasteiger partial charge in [-0.15, -0.1) is 0 Å². The fraction of sp³-hybridized carbons (Fsp3) is 0.421. The molecule has 2 atom stereocenters. The highest BCUT2D eigenvalue weighted by Crippen LogP contribution is 2.45. The third-order valence-corrected chi connectivity index (χ3v) is 4.44. The van der Waals surface area contributed by atoms with Gasteiger partial charge in [-0.25, -0.2) is 9.38 Å². The maximum Gasteiger partial charge on any atom is 0.315 e. The molecule has 3 rings (SSSR count). The van der Waals surface area contributed by atoms with Crippen LogP contribution < -0.4 is 0 Å². The fourth-order valence-corrected chi connectivity index (χ4v) is 3.33. The Hall–Kier alpha value is -2.50. The van der Waals surface area contributed by atoms with Gasteiger partial charge in [0.15, 0.2) is 0 Å². The first-order chi connectivity index (χ1) is 11.9. The summed E-state index contributed by atoms with van der Waals surface area (Å²) in [5.74, 6) is -1.18. The van der Waals surface area contributed by atoms with Crippen molar-refractivity contribution in [3.63, 3.8) is 0 Å². The van der Waals surface area contributed by atoms with Gasteiger partial charge in [-0.1, -0.05) is 31.1 Å².